The molecule has 0 aliphatic rings. The summed E-state index contributed by atoms with van der Waals surface area (Å²) in [5.41, 5.74) is 1.53. The molecule has 0 aromatic heterocycles. The molecule has 2 aromatic rings. The summed E-state index contributed by atoms with van der Waals surface area (Å²) in [6, 6.07) is 7.70. The standard InChI is InChI=1S/C21H27N3O6S/c1-5-6-7-10-30-21-18(24(25)26)12-17(13-19(21)29-4)14-22-23-31(27,28)20-9-8-15(2)11-16(20)3/h8-9,11-14,23H,5-7,10H2,1-4H3/b22-14+. The van der Waals surface area contributed by atoms with Gasteiger partial charge in [-0.25, -0.2) is 4.83 Å². The van der Waals surface area contributed by atoms with Crippen molar-refractivity contribution in [1.82, 2.24) is 4.83 Å². The lowest BCUT2D eigenvalue weighted by Gasteiger charge is -2.12. The number of nitrogens with one attached hydrogen (secondary N) is 1. The van der Waals surface area contributed by atoms with Gasteiger partial charge in [0.2, 0.25) is 5.75 Å². The summed E-state index contributed by atoms with van der Waals surface area (Å²) in [5, 5.41) is 15.3. The first kappa shape index (κ1) is 24.1. The molecule has 0 bridgehead atoms. The second kappa shape index (κ2) is 10.8. The second-order valence-electron chi connectivity index (χ2n) is 7.01. The van der Waals surface area contributed by atoms with Gasteiger partial charge in [-0.1, -0.05) is 37.5 Å². The fourth-order valence-electron chi connectivity index (χ4n) is 2.96. The fourth-order valence-corrected chi connectivity index (χ4v) is 3.98. The number of hydrogen-bond acceptors (Lipinski definition) is 7. The van der Waals surface area contributed by atoms with E-state index in [2.05, 4.69) is 9.93 Å². The third-order valence-electron chi connectivity index (χ3n) is 4.47. The minimum absolute atomic E-state index is 0.0385. The average Bonchev–Trinajstić information content (AvgIpc) is 2.70. The lowest BCUT2D eigenvalue weighted by Crippen LogP contribution is -2.19. The van der Waals surface area contributed by atoms with E-state index in [1.54, 1.807) is 19.1 Å². The van der Waals surface area contributed by atoms with E-state index in [-0.39, 0.29) is 27.6 Å². The Labute approximate surface area is 182 Å². The Morgan fingerprint density at radius 1 is 1.19 bits per heavy atom. The molecule has 0 radical (unpaired) electrons. The number of sulfonamides is 1. The molecule has 2 aromatic carbocycles. The van der Waals surface area contributed by atoms with Crippen LogP contribution >= 0.6 is 0 Å². The topological polar surface area (TPSA) is 120 Å². The number of methoxy groups -OCH3 is 1. The van der Waals surface area contributed by atoms with Gasteiger partial charge < -0.3 is 9.47 Å². The summed E-state index contributed by atoms with van der Waals surface area (Å²) in [6.07, 6.45) is 3.88. The van der Waals surface area contributed by atoms with Crippen molar-refractivity contribution < 1.29 is 22.8 Å². The van der Waals surface area contributed by atoms with E-state index in [4.69, 9.17) is 9.47 Å². The molecule has 0 unspecified atom stereocenters. The van der Waals surface area contributed by atoms with Crippen molar-refractivity contribution >= 4 is 21.9 Å². The third kappa shape index (κ3) is 6.42. The van der Waals surface area contributed by atoms with E-state index in [9.17, 15) is 18.5 Å². The van der Waals surface area contributed by atoms with E-state index >= 15 is 0 Å². The van der Waals surface area contributed by atoms with Crippen LogP contribution in [0.1, 0.15) is 42.9 Å². The molecule has 0 aliphatic carbocycles. The molecule has 0 atom stereocenters. The maximum absolute atomic E-state index is 12.5. The lowest BCUT2D eigenvalue weighted by atomic mass is 10.2. The largest absolute Gasteiger partial charge is 0.493 e. The van der Waals surface area contributed by atoms with Crippen LogP contribution in [0.3, 0.4) is 0 Å². The first-order valence-corrected chi connectivity index (χ1v) is 11.3. The number of hydrogen-bond donors (Lipinski definition) is 1. The molecule has 168 valence electrons. The second-order valence-corrected chi connectivity index (χ2v) is 8.64. The zero-order valence-corrected chi connectivity index (χ0v) is 18.9. The third-order valence-corrected chi connectivity index (χ3v) is 5.86. The summed E-state index contributed by atoms with van der Waals surface area (Å²) in [7, 11) is -2.51. The first-order chi connectivity index (χ1) is 14.7. The number of aryl methyl sites for hydroxylation is 2. The van der Waals surface area contributed by atoms with Crippen LogP contribution < -0.4 is 14.3 Å². The number of nitro benzene ring substituents is 1. The summed E-state index contributed by atoms with van der Waals surface area (Å²) < 4.78 is 35.8. The van der Waals surface area contributed by atoms with Crippen LogP contribution in [0.5, 0.6) is 11.5 Å². The van der Waals surface area contributed by atoms with Crippen molar-refractivity contribution in [1.29, 1.82) is 0 Å². The van der Waals surface area contributed by atoms with Crippen LogP contribution in [0.4, 0.5) is 5.69 Å². The van der Waals surface area contributed by atoms with Gasteiger partial charge in [-0.2, -0.15) is 13.5 Å². The smallest absolute Gasteiger partial charge is 0.315 e. The van der Waals surface area contributed by atoms with E-state index in [1.165, 1.54) is 31.5 Å². The van der Waals surface area contributed by atoms with Gasteiger partial charge in [-0.3, -0.25) is 10.1 Å². The Kier molecular flexibility index (Phi) is 8.38. The number of ether oxygens (including phenoxy) is 2. The molecule has 0 spiro atoms. The van der Waals surface area contributed by atoms with Gasteiger partial charge in [0, 0.05) is 11.6 Å². The molecule has 0 heterocycles. The highest BCUT2D eigenvalue weighted by molar-refractivity contribution is 7.89. The van der Waals surface area contributed by atoms with Crippen molar-refractivity contribution in [2.45, 2.75) is 44.9 Å². The Bertz CT molecular complexity index is 1070. The Balaban J connectivity index is 2.26. The van der Waals surface area contributed by atoms with Crippen molar-refractivity contribution in [3.05, 3.63) is 57.1 Å². The van der Waals surface area contributed by atoms with E-state index < -0.39 is 14.9 Å². The minimum atomic E-state index is -3.88. The van der Waals surface area contributed by atoms with Crippen molar-refractivity contribution in [3.63, 3.8) is 0 Å². The Morgan fingerprint density at radius 2 is 1.94 bits per heavy atom. The molecule has 2 rings (SSSR count). The van der Waals surface area contributed by atoms with Crippen LogP contribution in [-0.2, 0) is 10.0 Å². The van der Waals surface area contributed by atoms with E-state index in [1.807, 2.05) is 13.8 Å². The fraction of sp³-hybridized carbons (Fsp3) is 0.381. The summed E-state index contributed by atoms with van der Waals surface area (Å²) in [6.45, 7) is 5.94. The van der Waals surface area contributed by atoms with E-state index in [0.717, 1.165) is 24.8 Å². The van der Waals surface area contributed by atoms with Crippen LogP contribution in [-0.4, -0.2) is 33.3 Å². The number of hydrazone groups is 1. The number of unbranched alkanes of at least 4 members (excludes halogenated alkanes) is 2. The van der Waals surface area contributed by atoms with Crippen molar-refractivity contribution in [3.8, 4) is 11.5 Å². The summed E-state index contributed by atoms with van der Waals surface area (Å²) in [5.74, 6) is 0.209. The van der Waals surface area contributed by atoms with Crippen molar-refractivity contribution in [2.24, 2.45) is 5.10 Å². The van der Waals surface area contributed by atoms with Crippen molar-refractivity contribution in [2.75, 3.05) is 13.7 Å². The first-order valence-electron chi connectivity index (χ1n) is 9.81. The monoisotopic (exact) mass is 449 g/mol. The molecular weight excluding hydrogens is 422 g/mol. The van der Waals surface area contributed by atoms with Crippen LogP contribution in [0.15, 0.2) is 40.3 Å². The van der Waals surface area contributed by atoms with Crippen LogP contribution in [0.25, 0.3) is 0 Å². The van der Waals surface area contributed by atoms with Crippen LogP contribution in [0.2, 0.25) is 0 Å². The highest BCUT2D eigenvalue weighted by Gasteiger charge is 2.22. The SMILES string of the molecule is CCCCCOc1c(OC)cc(/C=N/NS(=O)(=O)c2ccc(C)cc2C)cc1[N+](=O)[O-]. The maximum atomic E-state index is 12.5. The highest BCUT2D eigenvalue weighted by Crippen LogP contribution is 2.38. The zero-order chi connectivity index (χ0) is 23.0. The molecule has 1 N–H and O–H groups in total. The molecule has 0 fully saturated rings. The maximum Gasteiger partial charge on any atom is 0.315 e. The van der Waals surface area contributed by atoms with E-state index in [0.29, 0.717) is 12.2 Å². The summed E-state index contributed by atoms with van der Waals surface area (Å²) in [4.78, 5) is 13.2. The van der Waals surface area contributed by atoms with Gasteiger partial charge in [0.05, 0.1) is 29.8 Å². The predicted molar refractivity (Wildman–Crippen MR) is 118 cm³/mol. The minimum Gasteiger partial charge on any atom is -0.493 e. The predicted octanol–water partition coefficient (Wildman–Crippen LogP) is 4.10. The normalized spacial score (nSPS) is 11.5. The molecule has 9 nitrogen and oxygen atoms in total. The lowest BCUT2D eigenvalue weighted by molar-refractivity contribution is -0.386. The number of rotatable bonds is 11. The molecule has 0 saturated carbocycles. The quantitative estimate of drug-likeness (QED) is 0.239. The summed E-state index contributed by atoms with van der Waals surface area (Å²) >= 11 is 0. The molecule has 0 amide bonds. The number of benzene rings is 2. The number of nitrogens with zero attached hydrogens (tertiary/aromatic N) is 2. The van der Waals surface area contributed by atoms with Gasteiger partial charge in [0.15, 0.2) is 5.75 Å². The van der Waals surface area contributed by atoms with Gasteiger partial charge in [-0.05, 0) is 38.0 Å². The van der Waals surface area contributed by atoms with Gasteiger partial charge in [0.1, 0.15) is 0 Å². The molecule has 31 heavy (non-hydrogen) atoms. The van der Waals surface area contributed by atoms with Gasteiger partial charge in [-0.15, -0.1) is 0 Å². The number of nitro groups is 1. The van der Waals surface area contributed by atoms with Gasteiger partial charge in [0.25, 0.3) is 10.0 Å². The van der Waals surface area contributed by atoms with Gasteiger partial charge >= 0.3 is 5.69 Å². The average molecular weight is 450 g/mol. The molecular formula is C21H27N3O6S. The Morgan fingerprint density at radius 3 is 2.55 bits per heavy atom. The Hall–Kier alpha value is -3.14. The molecule has 10 heteroatoms. The molecule has 0 aliphatic heterocycles. The molecule has 0 saturated heterocycles. The highest BCUT2D eigenvalue weighted by atomic mass is 32.2. The zero-order valence-electron chi connectivity index (χ0n) is 18.0. The van der Waals surface area contributed by atoms with Crippen LogP contribution in [0, 0.1) is 24.0 Å².